The minimum Gasteiger partial charge on any atom is -0.493 e. The maximum absolute atomic E-state index is 13.3. The number of methoxy groups -OCH3 is 2. The molecule has 0 aromatic heterocycles. The van der Waals surface area contributed by atoms with Gasteiger partial charge in [-0.1, -0.05) is 35.5 Å². The van der Waals surface area contributed by atoms with Crippen molar-refractivity contribution in [2.24, 2.45) is 11.1 Å². The molecule has 2 heterocycles. The lowest BCUT2D eigenvalue weighted by Crippen LogP contribution is -2.33. The summed E-state index contributed by atoms with van der Waals surface area (Å²) >= 11 is 0. The van der Waals surface area contributed by atoms with Crippen molar-refractivity contribution >= 4 is 34.0 Å². The average molecular weight is 402 g/mol. The van der Waals surface area contributed by atoms with E-state index in [1.165, 1.54) is 12.0 Å². The number of amides is 2. The number of nitrogens with zero attached hydrogens (tertiary/aromatic N) is 2. The Morgan fingerprint density at radius 2 is 1.63 bits per heavy atom. The van der Waals surface area contributed by atoms with Crippen molar-refractivity contribution in [1.29, 1.82) is 0 Å². The largest absolute Gasteiger partial charge is 0.493 e. The van der Waals surface area contributed by atoms with Crippen molar-refractivity contribution in [1.82, 2.24) is 0 Å². The third-order valence-corrected chi connectivity index (χ3v) is 5.48. The van der Waals surface area contributed by atoms with Crippen molar-refractivity contribution < 1.29 is 23.9 Å². The van der Waals surface area contributed by atoms with Gasteiger partial charge in [0.25, 0.3) is 5.91 Å². The smallest absolute Gasteiger partial charge is 0.278 e. The summed E-state index contributed by atoms with van der Waals surface area (Å²) in [7, 11) is 3.08. The summed E-state index contributed by atoms with van der Waals surface area (Å²) in [5, 5.41) is 6.03. The predicted octanol–water partition coefficient (Wildman–Crippen LogP) is 3.15. The highest BCUT2D eigenvalue weighted by atomic mass is 16.7. The average Bonchev–Trinajstić information content (AvgIpc) is 3.33. The number of anilines is 1. The van der Waals surface area contributed by atoms with Crippen molar-refractivity contribution in [2.75, 3.05) is 19.1 Å². The lowest BCUT2D eigenvalue weighted by Gasteiger charge is -2.16. The van der Waals surface area contributed by atoms with Crippen LogP contribution in [-0.4, -0.2) is 37.8 Å². The summed E-state index contributed by atoms with van der Waals surface area (Å²) in [6, 6.07) is 18.5. The maximum atomic E-state index is 13.3. The fourth-order valence-corrected chi connectivity index (χ4v) is 3.98. The molecule has 0 unspecified atom stereocenters. The van der Waals surface area contributed by atoms with Gasteiger partial charge in [0.1, 0.15) is 11.6 Å². The zero-order valence-corrected chi connectivity index (χ0v) is 16.4. The van der Waals surface area contributed by atoms with Crippen LogP contribution in [-0.2, 0) is 14.4 Å². The molecule has 2 aliphatic rings. The molecule has 7 heteroatoms. The molecule has 5 rings (SSSR count). The Morgan fingerprint density at radius 3 is 2.40 bits per heavy atom. The molecule has 2 aliphatic heterocycles. The number of oxime groups is 1. The van der Waals surface area contributed by atoms with Crippen molar-refractivity contribution in [3.63, 3.8) is 0 Å². The highest BCUT2D eigenvalue weighted by Crippen LogP contribution is 2.37. The van der Waals surface area contributed by atoms with Gasteiger partial charge in [-0.2, -0.15) is 0 Å². The Hall–Kier alpha value is -3.87. The molecule has 2 atom stereocenters. The van der Waals surface area contributed by atoms with Gasteiger partial charge in [-0.25, -0.2) is 4.90 Å². The number of hydrogen-bond acceptors (Lipinski definition) is 6. The zero-order valence-electron chi connectivity index (χ0n) is 16.4. The van der Waals surface area contributed by atoms with Crippen LogP contribution < -0.4 is 14.4 Å². The highest BCUT2D eigenvalue weighted by Gasteiger charge is 2.56. The van der Waals surface area contributed by atoms with Crippen LogP contribution in [0, 0.1) is 5.92 Å². The Bertz CT molecular complexity index is 1220. The second kappa shape index (κ2) is 6.88. The summed E-state index contributed by atoms with van der Waals surface area (Å²) in [5.74, 6) is -0.513. The standard InChI is InChI=1S/C23H18N2O5/c1-28-17-10-8-15(12-18(17)29-2)20-19-21(30-24-20)23(27)25(22(19)26)16-9-7-13-5-3-4-6-14(13)11-16/h3-12,19,21H,1-2H3/t19-,21+/m1/s1. The molecule has 0 bridgehead atoms. The minimum absolute atomic E-state index is 0.355. The molecule has 150 valence electrons. The van der Waals surface area contributed by atoms with E-state index in [2.05, 4.69) is 5.16 Å². The summed E-state index contributed by atoms with van der Waals surface area (Å²) in [4.78, 5) is 32.9. The van der Waals surface area contributed by atoms with Crippen LogP contribution in [0.3, 0.4) is 0 Å². The van der Waals surface area contributed by atoms with E-state index in [1.54, 1.807) is 31.4 Å². The predicted molar refractivity (Wildman–Crippen MR) is 111 cm³/mol. The van der Waals surface area contributed by atoms with E-state index < -0.39 is 17.9 Å². The van der Waals surface area contributed by atoms with Crippen LogP contribution in [0.1, 0.15) is 5.56 Å². The summed E-state index contributed by atoms with van der Waals surface area (Å²) in [6.07, 6.45) is -0.966. The van der Waals surface area contributed by atoms with Crippen LogP contribution >= 0.6 is 0 Å². The first kappa shape index (κ1) is 18.2. The van der Waals surface area contributed by atoms with Crippen molar-refractivity contribution in [3.8, 4) is 11.5 Å². The first-order valence-electron chi connectivity index (χ1n) is 9.45. The molecule has 0 N–H and O–H groups in total. The van der Waals surface area contributed by atoms with Crippen molar-refractivity contribution in [3.05, 3.63) is 66.2 Å². The minimum atomic E-state index is -0.966. The van der Waals surface area contributed by atoms with E-state index >= 15 is 0 Å². The number of ether oxygens (including phenoxy) is 2. The van der Waals surface area contributed by atoms with E-state index in [-0.39, 0.29) is 5.91 Å². The van der Waals surface area contributed by atoms with Gasteiger partial charge in [0.2, 0.25) is 12.0 Å². The number of carbonyl (C=O) groups is 2. The van der Waals surface area contributed by atoms with E-state index in [4.69, 9.17) is 14.3 Å². The summed E-state index contributed by atoms with van der Waals surface area (Å²) < 4.78 is 10.6. The van der Waals surface area contributed by atoms with Crippen LogP contribution in [0.5, 0.6) is 11.5 Å². The van der Waals surface area contributed by atoms with E-state index in [9.17, 15) is 9.59 Å². The SMILES string of the molecule is COc1ccc(C2=NO[C@@H]3C(=O)N(c4ccc5ccccc5c4)C(=O)[C@H]23)cc1OC. The fraction of sp³-hybridized carbons (Fsp3) is 0.174. The molecule has 3 aromatic rings. The third-order valence-electron chi connectivity index (χ3n) is 5.48. The second-order valence-corrected chi connectivity index (χ2v) is 7.09. The van der Waals surface area contributed by atoms with Crippen LogP contribution in [0.15, 0.2) is 65.8 Å². The van der Waals surface area contributed by atoms with Gasteiger partial charge in [-0.3, -0.25) is 9.59 Å². The number of imide groups is 1. The Morgan fingerprint density at radius 1 is 0.867 bits per heavy atom. The molecule has 0 saturated carbocycles. The summed E-state index contributed by atoms with van der Waals surface area (Å²) in [5.41, 5.74) is 1.57. The monoisotopic (exact) mass is 402 g/mol. The van der Waals surface area contributed by atoms with E-state index in [0.29, 0.717) is 28.5 Å². The molecule has 1 fully saturated rings. The van der Waals surface area contributed by atoms with E-state index in [0.717, 1.165) is 10.8 Å². The lowest BCUT2D eigenvalue weighted by molar-refractivity contribution is -0.126. The lowest BCUT2D eigenvalue weighted by atomic mass is 9.94. The zero-order chi connectivity index (χ0) is 20.8. The van der Waals surface area contributed by atoms with Gasteiger partial charge < -0.3 is 14.3 Å². The quantitative estimate of drug-likeness (QED) is 0.627. The second-order valence-electron chi connectivity index (χ2n) is 7.09. The third kappa shape index (κ3) is 2.62. The molecule has 0 aliphatic carbocycles. The first-order valence-corrected chi connectivity index (χ1v) is 9.45. The van der Waals surface area contributed by atoms with Crippen molar-refractivity contribution in [2.45, 2.75) is 6.10 Å². The molecule has 1 saturated heterocycles. The molecule has 2 amide bonds. The Labute approximate surface area is 172 Å². The van der Waals surface area contributed by atoms with Gasteiger partial charge in [-0.05, 0) is 41.1 Å². The topological polar surface area (TPSA) is 77.4 Å². The number of benzene rings is 3. The molecule has 30 heavy (non-hydrogen) atoms. The maximum Gasteiger partial charge on any atom is 0.278 e. The highest BCUT2D eigenvalue weighted by molar-refractivity contribution is 6.32. The number of hydrogen-bond donors (Lipinski definition) is 0. The molecular weight excluding hydrogens is 384 g/mol. The van der Waals surface area contributed by atoms with E-state index in [1.807, 2.05) is 36.4 Å². The van der Waals surface area contributed by atoms with Crippen LogP contribution in [0.4, 0.5) is 5.69 Å². The van der Waals surface area contributed by atoms with Gasteiger partial charge in [-0.15, -0.1) is 0 Å². The van der Waals surface area contributed by atoms with Gasteiger partial charge in [0, 0.05) is 5.56 Å². The normalized spacial score (nSPS) is 20.2. The van der Waals surface area contributed by atoms with Gasteiger partial charge >= 0.3 is 0 Å². The number of rotatable bonds is 4. The number of carbonyl (C=O) groups excluding carboxylic acids is 2. The molecule has 7 nitrogen and oxygen atoms in total. The molecular formula is C23H18N2O5. The summed E-state index contributed by atoms with van der Waals surface area (Å²) in [6.45, 7) is 0. The Kier molecular flexibility index (Phi) is 4.17. The number of fused-ring (bicyclic) bond motifs is 2. The van der Waals surface area contributed by atoms with Crippen LogP contribution in [0.2, 0.25) is 0 Å². The Balaban J connectivity index is 1.51. The molecule has 0 radical (unpaired) electrons. The van der Waals surface area contributed by atoms with Gasteiger partial charge in [0.15, 0.2) is 11.5 Å². The molecule has 3 aromatic carbocycles. The molecule has 0 spiro atoms. The van der Waals surface area contributed by atoms with Gasteiger partial charge in [0.05, 0.1) is 19.9 Å². The fourth-order valence-electron chi connectivity index (χ4n) is 3.98. The first-order chi connectivity index (χ1) is 14.6. The van der Waals surface area contributed by atoms with Crippen LogP contribution in [0.25, 0.3) is 10.8 Å².